The first-order valence-corrected chi connectivity index (χ1v) is 7.29. The Hall–Kier alpha value is 0.480. The summed E-state index contributed by atoms with van der Waals surface area (Å²) in [6, 6.07) is 0. The highest BCUT2D eigenvalue weighted by molar-refractivity contribution is 9.09. The average Bonchev–Trinajstić information content (AvgIpc) is 2.60. The molecule has 2 unspecified atom stereocenters. The van der Waals surface area contributed by atoms with Gasteiger partial charge >= 0.3 is 0 Å². The Morgan fingerprint density at radius 2 is 1.79 bits per heavy atom. The van der Waals surface area contributed by atoms with Crippen molar-refractivity contribution in [1.82, 2.24) is 0 Å². The molecule has 0 nitrogen and oxygen atoms in total. The number of alkyl halides is 1. The van der Waals surface area contributed by atoms with Gasteiger partial charge in [-0.05, 0) is 41.9 Å². The molecule has 0 N–H and O–H groups in total. The highest BCUT2D eigenvalue weighted by Crippen LogP contribution is 2.76. The topological polar surface area (TPSA) is 0 Å². The van der Waals surface area contributed by atoms with Crippen molar-refractivity contribution < 1.29 is 0 Å². The molecule has 0 heterocycles. The summed E-state index contributed by atoms with van der Waals surface area (Å²) >= 11 is 3.72. The van der Waals surface area contributed by atoms with Gasteiger partial charge in [-0.1, -0.05) is 49.5 Å². The van der Waals surface area contributed by atoms with Gasteiger partial charge in [0.1, 0.15) is 0 Å². The molecule has 82 valence electrons. The van der Waals surface area contributed by atoms with E-state index in [1.807, 2.05) is 0 Å². The molecule has 2 aliphatic rings. The number of halogens is 1. The van der Waals surface area contributed by atoms with Crippen LogP contribution in [-0.4, -0.2) is 5.33 Å². The normalized spacial score (nSPS) is 41.6. The van der Waals surface area contributed by atoms with Crippen molar-refractivity contribution in [1.29, 1.82) is 0 Å². The van der Waals surface area contributed by atoms with Gasteiger partial charge in [-0.25, -0.2) is 0 Å². The minimum absolute atomic E-state index is 0.597. The first kappa shape index (κ1) is 11.0. The van der Waals surface area contributed by atoms with Gasteiger partial charge in [-0.3, -0.25) is 0 Å². The molecular weight excluding hydrogens is 236 g/mol. The fourth-order valence-electron chi connectivity index (χ4n) is 4.57. The Balaban J connectivity index is 2.19. The Labute approximate surface area is 97.0 Å². The molecule has 2 atom stereocenters. The predicted molar refractivity (Wildman–Crippen MR) is 65.7 cm³/mol. The summed E-state index contributed by atoms with van der Waals surface area (Å²) in [5.41, 5.74) is 1.28. The van der Waals surface area contributed by atoms with Crippen molar-refractivity contribution in [3.63, 3.8) is 0 Å². The zero-order valence-electron chi connectivity index (χ0n) is 9.78. The van der Waals surface area contributed by atoms with Gasteiger partial charge in [0.2, 0.25) is 0 Å². The second-order valence-electron chi connectivity index (χ2n) is 5.80. The van der Waals surface area contributed by atoms with E-state index in [0.29, 0.717) is 10.8 Å². The lowest BCUT2D eigenvalue weighted by Gasteiger charge is -2.26. The van der Waals surface area contributed by atoms with E-state index in [1.54, 1.807) is 0 Å². The molecule has 14 heavy (non-hydrogen) atoms. The highest BCUT2D eigenvalue weighted by atomic mass is 79.9. The summed E-state index contributed by atoms with van der Waals surface area (Å²) in [5, 5.41) is 1.21. The van der Waals surface area contributed by atoms with E-state index in [2.05, 4.69) is 36.7 Å². The van der Waals surface area contributed by atoms with Crippen LogP contribution in [0.1, 0.15) is 52.9 Å². The molecule has 0 radical (unpaired) electrons. The van der Waals surface area contributed by atoms with Gasteiger partial charge in [-0.15, -0.1) is 0 Å². The van der Waals surface area contributed by atoms with Crippen molar-refractivity contribution in [3.05, 3.63) is 0 Å². The molecule has 0 aromatic rings. The maximum atomic E-state index is 3.72. The van der Waals surface area contributed by atoms with Gasteiger partial charge in [0, 0.05) is 5.33 Å². The van der Waals surface area contributed by atoms with Crippen LogP contribution in [0.5, 0.6) is 0 Å². The van der Waals surface area contributed by atoms with Gasteiger partial charge in [0.05, 0.1) is 0 Å². The molecule has 0 aliphatic heterocycles. The van der Waals surface area contributed by atoms with Crippen LogP contribution in [-0.2, 0) is 0 Å². The molecule has 2 rings (SSSR count). The Morgan fingerprint density at radius 1 is 1.21 bits per heavy atom. The van der Waals surface area contributed by atoms with E-state index in [0.717, 1.165) is 11.8 Å². The molecule has 2 aliphatic carbocycles. The molecule has 0 bridgehead atoms. The molecule has 2 saturated carbocycles. The van der Waals surface area contributed by atoms with Gasteiger partial charge < -0.3 is 0 Å². The smallest absolute Gasteiger partial charge is 0.00705 e. The minimum atomic E-state index is 0.597. The standard InChI is InChI=1S/C13H23Br/c1-4-13(10-7-5-6-8-10)11(9-14)12(13,2)3/h10-11H,4-9H2,1-3H3. The first-order valence-electron chi connectivity index (χ1n) is 6.17. The fourth-order valence-corrected chi connectivity index (χ4v) is 5.96. The molecule has 0 saturated heterocycles. The van der Waals surface area contributed by atoms with Crippen LogP contribution in [0.25, 0.3) is 0 Å². The third-order valence-electron chi connectivity index (χ3n) is 5.43. The number of hydrogen-bond acceptors (Lipinski definition) is 0. The van der Waals surface area contributed by atoms with Crippen LogP contribution in [0, 0.1) is 22.7 Å². The third-order valence-corrected chi connectivity index (χ3v) is 6.08. The molecule has 2 fully saturated rings. The van der Waals surface area contributed by atoms with Gasteiger partial charge in [0.15, 0.2) is 0 Å². The highest BCUT2D eigenvalue weighted by Gasteiger charge is 2.71. The van der Waals surface area contributed by atoms with Crippen LogP contribution >= 0.6 is 15.9 Å². The van der Waals surface area contributed by atoms with Crippen LogP contribution < -0.4 is 0 Å². The second-order valence-corrected chi connectivity index (χ2v) is 6.45. The maximum absolute atomic E-state index is 3.72. The van der Waals surface area contributed by atoms with Crippen molar-refractivity contribution in [3.8, 4) is 0 Å². The molecule has 0 amide bonds. The van der Waals surface area contributed by atoms with E-state index in [-0.39, 0.29) is 0 Å². The lowest BCUT2D eigenvalue weighted by Crippen LogP contribution is -2.18. The predicted octanol–water partition coefficient (Wildman–Crippen LogP) is 4.62. The fraction of sp³-hybridized carbons (Fsp3) is 1.00. The summed E-state index contributed by atoms with van der Waals surface area (Å²) in [7, 11) is 0. The Bertz CT molecular complexity index is 215. The lowest BCUT2D eigenvalue weighted by molar-refractivity contribution is 0.232. The summed E-state index contributed by atoms with van der Waals surface area (Å²) in [5.74, 6) is 1.97. The van der Waals surface area contributed by atoms with E-state index in [4.69, 9.17) is 0 Å². The van der Waals surface area contributed by atoms with Crippen molar-refractivity contribution in [2.24, 2.45) is 22.7 Å². The second kappa shape index (κ2) is 3.50. The summed E-state index contributed by atoms with van der Waals surface area (Å²) in [6.07, 6.45) is 7.36. The van der Waals surface area contributed by atoms with E-state index in [1.165, 1.54) is 37.4 Å². The molecule has 0 aromatic heterocycles. The number of rotatable bonds is 3. The molecule has 0 aromatic carbocycles. The zero-order valence-corrected chi connectivity index (χ0v) is 11.4. The van der Waals surface area contributed by atoms with Crippen LogP contribution in [0.3, 0.4) is 0 Å². The molecule has 1 heteroatoms. The quantitative estimate of drug-likeness (QED) is 0.648. The average molecular weight is 259 g/mol. The Kier molecular flexibility index (Phi) is 2.75. The molecule has 0 spiro atoms. The SMILES string of the molecule is CCC1(C2CCCC2)C(CBr)C1(C)C. The minimum Gasteiger partial charge on any atom is -0.0925 e. The zero-order chi connectivity index (χ0) is 10.4. The summed E-state index contributed by atoms with van der Waals surface area (Å²) in [4.78, 5) is 0. The Morgan fingerprint density at radius 3 is 2.14 bits per heavy atom. The van der Waals surface area contributed by atoms with Gasteiger partial charge in [0.25, 0.3) is 0 Å². The van der Waals surface area contributed by atoms with Crippen molar-refractivity contribution in [2.75, 3.05) is 5.33 Å². The van der Waals surface area contributed by atoms with E-state index in [9.17, 15) is 0 Å². The van der Waals surface area contributed by atoms with Crippen molar-refractivity contribution >= 4 is 15.9 Å². The number of hydrogen-bond donors (Lipinski definition) is 0. The van der Waals surface area contributed by atoms with E-state index < -0.39 is 0 Å². The van der Waals surface area contributed by atoms with E-state index >= 15 is 0 Å². The molecular formula is C13H23Br. The summed E-state index contributed by atoms with van der Waals surface area (Å²) < 4.78 is 0. The lowest BCUT2D eigenvalue weighted by atomic mass is 9.79. The van der Waals surface area contributed by atoms with Crippen molar-refractivity contribution in [2.45, 2.75) is 52.9 Å². The maximum Gasteiger partial charge on any atom is 0.00705 e. The summed E-state index contributed by atoms with van der Waals surface area (Å²) in [6.45, 7) is 7.38. The largest absolute Gasteiger partial charge is 0.0925 e. The van der Waals surface area contributed by atoms with Crippen LogP contribution in [0.4, 0.5) is 0 Å². The van der Waals surface area contributed by atoms with Crippen LogP contribution in [0.15, 0.2) is 0 Å². The van der Waals surface area contributed by atoms with Gasteiger partial charge in [-0.2, -0.15) is 0 Å². The monoisotopic (exact) mass is 258 g/mol. The first-order chi connectivity index (χ1) is 6.61. The van der Waals surface area contributed by atoms with Crippen LogP contribution in [0.2, 0.25) is 0 Å². The third kappa shape index (κ3) is 1.17.